The first kappa shape index (κ1) is 17.7. The summed E-state index contributed by atoms with van der Waals surface area (Å²) in [6.07, 6.45) is 0. The molecule has 0 saturated heterocycles. The number of benzene rings is 3. The van der Waals surface area contributed by atoms with E-state index < -0.39 is 0 Å². The third kappa shape index (κ3) is 3.83. The number of hydrogen-bond donors (Lipinski definition) is 1. The number of fused-ring (bicyclic) bond motifs is 1. The van der Waals surface area contributed by atoms with Crippen LogP contribution in [0.1, 0.15) is 0 Å². The lowest BCUT2D eigenvalue weighted by molar-refractivity contribution is 0.831. The number of rotatable bonds is 4. The second kappa shape index (κ2) is 7.88. The van der Waals surface area contributed by atoms with Gasteiger partial charge >= 0.3 is 0 Å². The van der Waals surface area contributed by atoms with Gasteiger partial charge in [-0.2, -0.15) is 9.67 Å². The van der Waals surface area contributed by atoms with Crippen LogP contribution in [0.3, 0.4) is 0 Å². The summed E-state index contributed by atoms with van der Waals surface area (Å²) < 4.78 is 1.14. The molecule has 0 fully saturated rings. The van der Waals surface area contributed by atoms with Crippen molar-refractivity contribution in [2.24, 2.45) is 10.1 Å². The fourth-order valence-corrected chi connectivity index (χ4v) is 2.71. The summed E-state index contributed by atoms with van der Waals surface area (Å²) >= 11 is 5.94. The SMILES string of the molecule is O=c1c2ccccc2nc(Nc2ccc(Cl)cc2)n1N=C=Nc1ccccc1. The Morgan fingerprint density at radius 2 is 1.64 bits per heavy atom. The van der Waals surface area contributed by atoms with E-state index in [4.69, 9.17) is 11.6 Å². The maximum Gasteiger partial charge on any atom is 0.284 e. The van der Waals surface area contributed by atoms with Crippen LogP contribution >= 0.6 is 11.6 Å². The summed E-state index contributed by atoms with van der Waals surface area (Å²) in [6, 6.07) is 26.0. The largest absolute Gasteiger partial charge is 0.324 e. The Hall–Kier alpha value is -3.73. The molecular formula is C21H14ClN5O. The topological polar surface area (TPSA) is 71.6 Å². The van der Waals surface area contributed by atoms with Gasteiger partial charge in [-0.15, -0.1) is 0 Å². The minimum Gasteiger partial charge on any atom is -0.324 e. The van der Waals surface area contributed by atoms with E-state index in [-0.39, 0.29) is 11.5 Å². The lowest BCUT2D eigenvalue weighted by Crippen LogP contribution is -2.20. The molecule has 0 aliphatic rings. The number of nitrogens with zero attached hydrogens (tertiary/aromatic N) is 4. The van der Waals surface area contributed by atoms with Crippen molar-refractivity contribution in [1.82, 2.24) is 9.66 Å². The van der Waals surface area contributed by atoms with E-state index in [1.54, 1.807) is 42.5 Å². The molecule has 3 aromatic carbocycles. The van der Waals surface area contributed by atoms with Gasteiger partial charge in [-0.3, -0.25) is 4.79 Å². The van der Waals surface area contributed by atoms with Gasteiger partial charge in [0.15, 0.2) is 0 Å². The van der Waals surface area contributed by atoms with Crippen LogP contribution < -0.4 is 10.9 Å². The summed E-state index contributed by atoms with van der Waals surface area (Å²) in [5.41, 5.74) is 1.64. The zero-order valence-corrected chi connectivity index (χ0v) is 15.3. The van der Waals surface area contributed by atoms with Crippen LogP contribution in [0.25, 0.3) is 10.9 Å². The third-order valence-electron chi connectivity index (χ3n) is 3.93. The molecule has 0 aliphatic carbocycles. The molecule has 0 aliphatic heterocycles. The Morgan fingerprint density at radius 1 is 0.929 bits per heavy atom. The maximum atomic E-state index is 12.9. The average molecular weight is 388 g/mol. The highest BCUT2D eigenvalue weighted by Crippen LogP contribution is 2.19. The van der Waals surface area contributed by atoms with Crippen LogP contribution in [-0.4, -0.2) is 15.7 Å². The second-order valence-electron chi connectivity index (χ2n) is 5.85. The molecule has 0 amide bonds. The zero-order valence-electron chi connectivity index (χ0n) is 14.6. The number of halogens is 1. The highest BCUT2D eigenvalue weighted by atomic mass is 35.5. The van der Waals surface area contributed by atoms with E-state index in [2.05, 4.69) is 26.4 Å². The molecule has 7 heteroatoms. The first-order valence-electron chi connectivity index (χ1n) is 8.47. The Morgan fingerprint density at radius 3 is 2.43 bits per heavy atom. The van der Waals surface area contributed by atoms with Crippen molar-refractivity contribution in [2.45, 2.75) is 0 Å². The monoisotopic (exact) mass is 387 g/mol. The number of aromatic nitrogens is 2. The van der Waals surface area contributed by atoms with Gasteiger partial charge in [-0.05, 0) is 48.5 Å². The molecule has 0 spiro atoms. The van der Waals surface area contributed by atoms with Gasteiger partial charge in [-0.25, -0.2) is 4.98 Å². The van der Waals surface area contributed by atoms with Crippen molar-refractivity contribution in [1.29, 1.82) is 0 Å². The molecule has 0 bridgehead atoms. The number of nitrogens with one attached hydrogen (secondary N) is 1. The molecule has 1 N–H and O–H groups in total. The highest BCUT2D eigenvalue weighted by Gasteiger charge is 2.10. The summed E-state index contributed by atoms with van der Waals surface area (Å²) in [5.74, 6) is 0.252. The van der Waals surface area contributed by atoms with Gasteiger partial charge in [0.25, 0.3) is 5.56 Å². The average Bonchev–Trinajstić information content (AvgIpc) is 2.73. The minimum absolute atomic E-state index is 0.252. The van der Waals surface area contributed by atoms with E-state index >= 15 is 0 Å². The van der Waals surface area contributed by atoms with Crippen molar-refractivity contribution in [3.8, 4) is 0 Å². The predicted octanol–water partition coefficient (Wildman–Crippen LogP) is 5.06. The summed E-state index contributed by atoms with van der Waals surface area (Å²) in [5, 5.41) is 8.27. The van der Waals surface area contributed by atoms with Gasteiger partial charge in [0, 0.05) is 10.7 Å². The molecule has 0 radical (unpaired) electrons. The normalized spacial score (nSPS) is 10.3. The zero-order chi connectivity index (χ0) is 19.3. The van der Waals surface area contributed by atoms with E-state index in [9.17, 15) is 4.79 Å². The number of hydrogen-bond acceptors (Lipinski definition) is 5. The van der Waals surface area contributed by atoms with Crippen LogP contribution in [-0.2, 0) is 0 Å². The van der Waals surface area contributed by atoms with Crippen LogP contribution in [0.4, 0.5) is 17.3 Å². The van der Waals surface area contributed by atoms with Crippen LogP contribution in [0.15, 0.2) is 93.8 Å². The first-order chi connectivity index (χ1) is 13.7. The molecule has 4 aromatic rings. The van der Waals surface area contributed by atoms with Crippen molar-refractivity contribution in [3.05, 3.63) is 94.2 Å². The first-order valence-corrected chi connectivity index (χ1v) is 8.85. The van der Waals surface area contributed by atoms with E-state index in [0.29, 0.717) is 21.6 Å². The molecular weight excluding hydrogens is 374 g/mol. The number of anilines is 2. The third-order valence-corrected chi connectivity index (χ3v) is 4.19. The Kier molecular flexibility index (Phi) is 4.97. The molecule has 6 nitrogen and oxygen atoms in total. The Bertz CT molecular complexity index is 1240. The standard InChI is InChI=1S/C21H14ClN5O/c22-15-10-12-17(13-11-15)25-21-26-19-9-5-4-8-18(19)20(28)27(21)24-14-23-16-6-2-1-3-7-16/h1-13H,(H,25,26). The lowest BCUT2D eigenvalue weighted by atomic mass is 10.2. The molecule has 4 rings (SSSR count). The highest BCUT2D eigenvalue weighted by molar-refractivity contribution is 6.30. The van der Waals surface area contributed by atoms with Crippen LogP contribution in [0.5, 0.6) is 0 Å². The minimum atomic E-state index is -0.321. The van der Waals surface area contributed by atoms with E-state index in [0.717, 1.165) is 10.4 Å². The molecule has 0 atom stereocenters. The molecule has 1 heterocycles. The fourth-order valence-electron chi connectivity index (χ4n) is 2.59. The smallest absolute Gasteiger partial charge is 0.284 e. The lowest BCUT2D eigenvalue weighted by Gasteiger charge is -2.10. The quantitative estimate of drug-likeness (QED) is 0.497. The predicted molar refractivity (Wildman–Crippen MR) is 112 cm³/mol. The second-order valence-corrected chi connectivity index (χ2v) is 6.29. The summed E-state index contributed by atoms with van der Waals surface area (Å²) in [6.45, 7) is 0. The van der Waals surface area contributed by atoms with E-state index in [1.165, 1.54) is 0 Å². The maximum absolute atomic E-state index is 12.9. The van der Waals surface area contributed by atoms with Crippen LogP contribution in [0, 0.1) is 0 Å². The van der Waals surface area contributed by atoms with Gasteiger partial charge < -0.3 is 5.32 Å². The summed E-state index contributed by atoms with van der Waals surface area (Å²) in [7, 11) is 0. The van der Waals surface area contributed by atoms with Gasteiger partial charge in [0.05, 0.1) is 16.6 Å². The summed E-state index contributed by atoms with van der Waals surface area (Å²) in [4.78, 5) is 21.6. The number of aliphatic imine (C=N–C) groups is 1. The van der Waals surface area contributed by atoms with Crippen molar-refractivity contribution in [2.75, 3.05) is 5.32 Å². The molecule has 136 valence electrons. The molecule has 0 saturated carbocycles. The molecule has 0 unspecified atom stereocenters. The Labute approximate surface area is 165 Å². The Balaban J connectivity index is 1.82. The van der Waals surface area contributed by atoms with Gasteiger partial charge in [0.2, 0.25) is 5.95 Å². The van der Waals surface area contributed by atoms with Crippen molar-refractivity contribution >= 4 is 45.8 Å². The van der Waals surface area contributed by atoms with Gasteiger partial charge in [-0.1, -0.05) is 47.0 Å². The molecule has 1 aromatic heterocycles. The van der Waals surface area contributed by atoms with Crippen molar-refractivity contribution in [3.63, 3.8) is 0 Å². The van der Waals surface area contributed by atoms with Crippen LogP contribution in [0.2, 0.25) is 5.02 Å². The number of para-hydroxylation sites is 2. The fraction of sp³-hybridized carbons (Fsp3) is 0. The van der Waals surface area contributed by atoms with Crippen molar-refractivity contribution < 1.29 is 0 Å². The van der Waals surface area contributed by atoms with E-state index in [1.807, 2.05) is 36.4 Å². The molecule has 28 heavy (non-hydrogen) atoms. The van der Waals surface area contributed by atoms with Gasteiger partial charge in [0.1, 0.15) is 6.01 Å².